The minimum absolute atomic E-state index is 0.303. The molecule has 2 rings (SSSR count). The molecular formula is C16H21NO3. The van der Waals surface area contributed by atoms with Gasteiger partial charge in [0.2, 0.25) is 0 Å². The van der Waals surface area contributed by atoms with E-state index in [0.29, 0.717) is 18.7 Å². The molecule has 0 saturated carbocycles. The Kier molecular flexibility index (Phi) is 3.86. The summed E-state index contributed by atoms with van der Waals surface area (Å²) >= 11 is 0. The lowest BCUT2D eigenvalue weighted by molar-refractivity contribution is -0.153. The van der Waals surface area contributed by atoms with Gasteiger partial charge in [-0.25, -0.2) is 4.79 Å². The van der Waals surface area contributed by atoms with Gasteiger partial charge in [-0.1, -0.05) is 24.3 Å². The van der Waals surface area contributed by atoms with Crippen LogP contribution in [-0.2, 0) is 15.1 Å². The zero-order chi connectivity index (χ0) is 14.8. The van der Waals surface area contributed by atoms with Crippen LogP contribution in [0.1, 0.15) is 25.8 Å². The highest BCUT2D eigenvalue weighted by atomic mass is 16.5. The zero-order valence-electron chi connectivity index (χ0n) is 12.2. The van der Waals surface area contributed by atoms with E-state index in [1.807, 2.05) is 38.1 Å². The summed E-state index contributed by atoms with van der Waals surface area (Å²) in [4.78, 5) is 12.5. The van der Waals surface area contributed by atoms with Crippen LogP contribution in [-0.4, -0.2) is 25.2 Å². The number of ether oxygens (including phenoxy) is 2. The van der Waals surface area contributed by atoms with Gasteiger partial charge in [-0.15, -0.1) is 6.58 Å². The molecule has 4 nitrogen and oxygen atoms in total. The van der Waals surface area contributed by atoms with Crippen molar-refractivity contribution in [3.05, 3.63) is 42.5 Å². The van der Waals surface area contributed by atoms with Gasteiger partial charge in [0.05, 0.1) is 7.11 Å². The average molecular weight is 275 g/mol. The summed E-state index contributed by atoms with van der Waals surface area (Å²) in [6.45, 7) is 8.16. The maximum atomic E-state index is 12.5. The van der Waals surface area contributed by atoms with E-state index in [2.05, 4.69) is 11.9 Å². The van der Waals surface area contributed by atoms with Crippen LogP contribution in [0.3, 0.4) is 0 Å². The molecule has 0 aromatic heterocycles. The summed E-state index contributed by atoms with van der Waals surface area (Å²) in [6, 6.07) is 7.57. The highest BCUT2D eigenvalue weighted by molar-refractivity contribution is 5.84. The first-order valence-electron chi connectivity index (χ1n) is 6.68. The number of hydrogen-bond acceptors (Lipinski definition) is 4. The lowest BCUT2D eigenvalue weighted by Crippen LogP contribution is -2.57. The number of rotatable bonds is 4. The lowest BCUT2D eigenvalue weighted by atomic mass is 9.77. The number of nitrogens with one attached hydrogen (secondary N) is 1. The maximum absolute atomic E-state index is 12.5. The van der Waals surface area contributed by atoms with Crippen molar-refractivity contribution in [1.82, 2.24) is 5.32 Å². The predicted octanol–water partition coefficient (Wildman–Crippen LogP) is 2.39. The molecule has 0 fully saturated rings. The van der Waals surface area contributed by atoms with E-state index >= 15 is 0 Å². The SMILES string of the molecule is C=CCNC1(C(=O)OC)CC(C)(C)Oc2ccccc21. The van der Waals surface area contributed by atoms with E-state index in [0.717, 1.165) is 5.56 Å². The van der Waals surface area contributed by atoms with Gasteiger partial charge in [-0.05, 0) is 19.9 Å². The molecule has 1 aromatic rings. The molecule has 1 aromatic carbocycles. The summed E-state index contributed by atoms with van der Waals surface area (Å²) in [5.41, 5.74) is -0.550. The van der Waals surface area contributed by atoms with Crippen LogP contribution in [0.5, 0.6) is 5.75 Å². The molecule has 0 spiro atoms. The van der Waals surface area contributed by atoms with Crippen LogP contribution in [0, 0.1) is 0 Å². The van der Waals surface area contributed by atoms with Crippen LogP contribution in [0.25, 0.3) is 0 Å². The fourth-order valence-corrected chi connectivity index (χ4v) is 2.81. The predicted molar refractivity (Wildman–Crippen MR) is 77.7 cm³/mol. The van der Waals surface area contributed by atoms with Crippen molar-refractivity contribution in [1.29, 1.82) is 0 Å². The van der Waals surface area contributed by atoms with Crippen LogP contribution < -0.4 is 10.1 Å². The Balaban J connectivity index is 2.58. The third kappa shape index (κ3) is 2.43. The average Bonchev–Trinajstić information content (AvgIpc) is 2.42. The summed E-state index contributed by atoms with van der Waals surface area (Å²) in [5.74, 6) is 0.411. The number of hydrogen-bond donors (Lipinski definition) is 1. The second kappa shape index (κ2) is 5.29. The van der Waals surface area contributed by atoms with Crippen molar-refractivity contribution in [2.24, 2.45) is 0 Å². The zero-order valence-corrected chi connectivity index (χ0v) is 12.2. The molecule has 20 heavy (non-hydrogen) atoms. The minimum atomic E-state index is -0.902. The Hall–Kier alpha value is -1.81. The Labute approximate surface area is 119 Å². The van der Waals surface area contributed by atoms with Gasteiger partial charge < -0.3 is 9.47 Å². The molecule has 0 amide bonds. The van der Waals surface area contributed by atoms with E-state index in [4.69, 9.17) is 9.47 Å². The van der Waals surface area contributed by atoms with E-state index in [1.165, 1.54) is 7.11 Å². The fourth-order valence-electron chi connectivity index (χ4n) is 2.81. The third-order valence-corrected chi connectivity index (χ3v) is 3.51. The van der Waals surface area contributed by atoms with Crippen molar-refractivity contribution >= 4 is 5.97 Å². The van der Waals surface area contributed by atoms with Crippen molar-refractivity contribution < 1.29 is 14.3 Å². The second-order valence-electron chi connectivity index (χ2n) is 5.60. The van der Waals surface area contributed by atoms with Gasteiger partial charge in [0.25, 0.3) is 0 Å². The molecule has 1 unspecified atom stereocenters. The molecule has 0 radical (unpaired) electrons. The molecule has 1 atom stereocenters. The number of carbonyl (C=O) groups excluding carboxylic acids is 1. The van der Waals surface area contributed by atoms with Gasteiger partial charge >= 0.3 is 5.97 Å². The Morgan fingerprint density at radius 1 is 1.50 bits per heavy atom. The molecule has 1 aliphatic heterocycles. The number of esters is 1. The standard InChI is InChI=1S/C16H21NO3/c1-5-10-17-16(14(18)19-4)11-15(2,3)20-13-9-7-6-8-12(13)16/h5-9,17H,1,10-11H2,2-4H3. The summed E-state index contributed by atoms with van der Waals surface area (Å²) in [5, 5.41) is 3.27. The van der Waals surface area contributed by atoms with Crippen molar-refractivity contribution in [3.63, 3.8) is 0 Å². The largest absolute Gasteiger partial charge is 0.487 e. The van der Waals surface area contributed by atoms with Crippen LogP contribution in [0.2, 0.25) is 0 Å². The highest BCUT2D eigenvalue weighted by Gasteiger charge is 2.50. The Bertz CT molecular complexity index is 524. The molecule has 0 saturated heterocycles. The summed E-state index contributed by atoms with van der Waals surface area (Å²) in [7, 11) is 1.41. The first kappa shape index (κ1) is 14.6. The van der Waals surface area contributed by atoms with Crippen LogP contribution in [0.15, 0.2) is 36.9 Å². The van der Waals surface area contributed by atoms with E-state index < -0.39 is 11.1 Å². The Morgan fingerprint density at radius 2 is 2.20 bits per heavy atom. The molecule has 4 heteroatoms. The van der Waals surface area contributed by atoms with Gasteiger partial charge in [-0.2, -0.15) is 0 Å². The number of benzene rings is 1. The second-order valence-corrected chi connectivity index (χ2v) is 5.60. The highest BCUT2D eigenvalue weighted by Crippen LogP contribution is 2.44. The van der Waals surface area contributed by atoms with E-state index in [1.54, 1.807) is 6.08 Å². The smallest absolute Gasteiger partial charge is 0.331 e. The van der Waals surface area contributed by atoms with Crippen molar-refractivity contribution in [2.45, 2.75) is 31.4 Å². The molecule has 108 valence electrons. The van der Waals surface area contributed by atoms with Crippen molar-refractivity contribution in [3.8, 4) is 5.75 Å². The number of carbonyl (C=O) groups is 1. The lowest BCUT2D eigenvalue weighted by Gasteiger charge is -2.44. The maximum Gasteiger partial charge on any atom is 0.331 e. The molecule has 1 N–H and O–H groups in total. The van der Waals surface area contributed by atoms with Crippen LogP contribution >= 0.6 is 0 Å². The van der Waals surface area contributed by atoms with Gasteiger partial charge in [0, 0.05) is 18.5 Å². The monoisotopic (exact) mass is 275 g/mol. The Morgan fingerprint density at radius 3 is 2.85 bits per heavy atom. The van der Waals surface area contributed by atoms with E-state index in [-0.39, 0.29) is 5.97 Å². The normalized spacial score (nSPS) is 23.4. The summed E-state index contributed by atoms with van der Waals surface area (Å²) < 4.78 is 11.0. The van der Waals surface area contributed by atoms with Gasteiger partial charge in [0.1, 0.15) is 11.4 Å². The van der Waals surface area contributed by atoms with Gasteiger partial charge in [0.15, 0.2) is 5.54 Å². The number of methoxy groups -OCH3 is 1. The van der Waals surface area contributed by atoms with Crippen molar-refractivity contribution in [2.75, 3.05) is 13.7 Å². The molecule has 1 aliphatic rings. The fraction of sp³-hybridized carbons (Fsp3) is 0.438. The summed E-state index contributed by atoms with van der Waals surface area (Å²) in [6.07, 6.45) is 2.23. The topological polar surface area (TPSA) is 47.6 Å². The van der Waals surface area contributed by atoms with Crippen LogP contribution in [0.4, 0.5) is 0 Å². The van der Waals surface area contributed by atoms with Gasteiger partial charge in [-0.3, -0.25) is 5.32 Å². The number of fused-ring (bicyclic) bond motifs is 1. The third-order valence-electron chi connectivity index (χ3n) is 3.51. The minimum Gasteiger partial charge on any atom is -0.487 e. The number of para-hydroxylation sites is 1. The van der Waals surface area contributed by atoms with E-state index in [9.17, 15) is 4.79 Å². The molecule has 0 aliphatic carbocycles. The molecule has 1 heterocycles. The quantitative estimate of drug-likeness (QED) is 0.677. The first-order chi connectivity index (χ1) is 9.45. The molecular weight excluding hydrogens is 254 g/mol. The first-order valence-corrected chi connectivity index (χ1v) is 6.68. The molecule has 0 bridgehead atoms.